The second-order valence-corrected chi connectivity index (χ2v) is 9.30. The summed E-state index contributed by atoms with van der Waals surface area (Å²) in [6.07, 6.45) is -8.69. The standard InChI is InChI=1S/C9H16O8S.C3H9P.Au/c10-2-4(12)6(14)7-5(13)3(11)1-9(18,17-7)8(15)16;1-4(2)3;/h3-7,10-14,18H,1-2H2,(H,15,16);1-3H3;/q;;+1/t3-,4-,5-,6-,7?,9+;;/m1../s1. The molecule has 1 heterocycles. The average molecular weight is 557 g/mol. The van der Waals surface area contributed by atoms with Gasteiger partial charge in [0.2, 0.25) is 0 Å². The maximum atomic E-state index is 10.9. The second kappa shape index (κ2) is 11.4. The van der Waals surface area contributed by atoms with Crippen molar-refractivity contribution in [1.82, 2.24) is 0 Å². The zero-order valence-electron chi connectivity index (χ0n) is 13.0. The van der Waals surface area contributed by atoms with Gasteiger partial charge in [0.05, 0.1) is 17.6 Å². The Morgan fingerprint density at radius 2 is 1.78 bits per heavy atom. The summed E-state index contributed by atoms with van der Waals surface area (Å²) >= 11 is 4.68. The van der Waals surface area contributed by atoms with Crippen LogP contribution >= 0.6 is 7.92 Å². The van der Waals surface area contributed by atoms with Crippen LogP contribution in [-0.4, -0.2) is 98.7 Å². The Morgan fingerprint density at radius 3 is 2.13 bits per heavy atom. The third-order valence-electron chi connectivity index (χ3n) is 2.78. The van der Waals surface area contributed by atoms with E-state index in [4.69, 9.17) is 14.9 Å². The molecule has 1 aliphatic heterocycles. The molecule has 0 aromatic carbocycles. The molecule has 1 aliphatic rings. The Labute approximate surface area is 157 Å². The molecule has 8 nitrogen and oxygen atoms in total. The number of carboxylic acid groups (broad SMARTS) is 1. The number of hydrogen-bond acceptors (Lipinski definition) is 8. The Bertz CT molecular complexity index is 361. The minimum atomic E-state index is -2.19. The maximum Gasteiger partial charge on any atom is 1.00 e. The average Bonchev–Trinajstić information content (AvgIpc) is 2.40. The van der Waals surface area contributed by atoms with Crippen molar-refractivity contribution in [2.75, 3.05) is 26.6 Å². The van der Waals surface area contributed by atoms with E-state index in [0.717, 1.165) is 0 Å². The van der Waals surface area contributed by atoms with E-state index in [9.17, 15) is 25.2 Å². The summed E-state index contributed by atoms with van der Waals surface area (Å²) in [6, 6.07) is 0. The molecule has 6 N–H and O–H groups in total. The Hall–Kier alpha value is 0.750. The van der Waals surface area contributed by atoms with Crippen molar-refractivity contribution in [2.45, 2.75) is 41.9 Å². The molecule has 0 aliphatic carbocycles. The first-order chi connectivity index (χ1) is 9.96. The van der Waals surface area contributed by atoms with Crippen molar-refractivity contribution < 1.29 is 62.6 Å². The van der Waals surface area contributed by atoms with Gasteiger partial charge >= 0.3 is 28.3 Å². The van der Waals surface area contributed by atoms with Gasteiger partial charge in [0.1, 0.15) is 24.4 Å². The smallest absolute Gasteiger partial charge is 0.746 e. The fourth-order valence-corrected chi connectivity index (χ4v) is 1.97. The summed E-state index contributed by atoms with van der Waals surface area (Å²) in [4.78, 5) is 8.73. The van der Waals surface area contributed by atoms with Crippen LogP contribution < -0.4 is 0 Å². The first-order valence-corrected chi connectivity index (χ1v) is 10.1. The predicted octanol–water partition coefficient (Wildman–Crippen LogP) is -2.37. The molecule has 1 fully saturated rings. The van der Waals surface area contributed by atoms with Gasteiger partial charge in [-0.05, 0) is 14.3 Å². The first kappa shape index (κ1) is 26.0. The van der Waals surface area contributed by atoms with Gasteiger partial charge in [-0.3, -0.25) is 4.79 Å². The molecule has 0 bridgehead atoms. The molecule has 6 atom stereocenters. The number of ether oxygens (including phenoxy) is 1. The van der Waals surface area contributed by atoms with E-state index < -0.39 is 54.4 Å². The summed E-state index contributed by atoms with van der Waals surface area (Å²) in [5.41, 5.74) is 0. The Kier molecular flexibility index (Phi) is 12.9. The van der Waals surface area contributed by atoms with E-state index in [-0.39, 0.29) is 30.3 Å². The van der Waals surface area contributed by atoms with Crippen LogP contribution in [-0.2, 0) is 44.5 Å². The van der Waals surface area contributed by atoms with E-state index in [0.29, 0.717) is 0 Å². The molecule has 0 spiro atoms. The van der Waals surface area contributed by atoms with Gasteiger partial charge in [0.25, 0.3) is 0 Å². The molecule has 0 aromatic heterocycles. The van der Waals surface area contributed by atoms with Crippen molar-refractivity contribution >= 4 is 26.5 Å². The second-order valence-electron chi connectivity index (χ2n) is 5.64. The Balaban J connectivity index is 0. The minimum Gasteiger partial charge on any atom is -0.746 e. The van der Waals surface area contributed by atoms with Crippen LogP contribution in [0.2, 0.25) is 0 Å². The van der Waals surface area contributed by atoms with Gasteiger partial charge in [-0.25, -0.2) is 0 Å². The van der Waals surface area contributed by atoms with Crippen LogP contribution in [0.1, 0.15) is 6.42 Å². The molecule has 23 heavy (non-hydrogen) atoms. The number of hydrogen-bond donors (Lipinski definition) is 6. The van der Waals surface area contributed by atoms with E-state index in [1.165, 1.54) is 0 Å². The van der Waals surface area contributed by atoms with Gasteiger partial charge in [0, 0.05) is 20.0 Å². The molecule has 0 saturated carbocycles. The van der Waals surface area contributed by atoms with Crippen molar-refractivity contribution in [1.29, 1.82) is 0 Å². The molecule has 0 amide bonds. The molecule has 0 radical (unpaired) electrons. The molecular formula is C12H25AuO8PS+. The minimum absolute atomic E-state index is 0. The topological polar surface area (TPSA) is 148 Å². The number of aliphatic carboxylic acids is 1. The summed E-state index contributed by atoms with van der Waals surface area (Å²) in [6.45, 7) is 5.99. The molecule has 11 heteroatoms. The summed E-state index contributed by atoms with van der Waals surface area (Å²) in [7, 11) is 0.120. The van der Waals surface area contributed by atoms with E-state index in [1.54, 1.807) is 0 Å². The molecule has 1 rings (SSSR count). The van der Waals surface area contributed by atoms with Crippen LogP contribution in [0.15, 0.2) is 0 Å². The zero-order chi connectivity index (χ0) is 17.7. The number of carboxylic acids is 1. The monoisotopic (exact) mass is 557 g/mol. The van der Waals surface area contributed by atoms with Crippen molar-refractivity contribution in [3.05, 3.63) is 0 Å². The van der Waals surface area contributed by atoms with E-state index in [1.807, 2.05) is 0 Å². The number of rotatable bonds is 4. The van der Waals surface area contributed by atoms with Crippen molar-refractivity contribution in [3.63, 3.8) is 0 Å². The van der Waals surface area contributed by atoms with E-state index in [2.05, 4.69) is 32.6 Å². The predicted molar refractivity (Wildman–Crippen MR) is 84.4 cm³/mol. The van der Waals surface area contributed by atoms with Gasteiger partial charge < -0.3 is 48.0 Å². The van der Waals surface area contributed by atoms with Crippen molar-refractivity contribution in [3.8, 4) is 0 Å². The molecule has 142 valence electrons. The first-order valence-electron chi connectivity index (χ1n) is 6.67. The van der Waals surface area contributed by atoms with Crippen LogP contribution in [0, 0.1) is 0 Å². The molecule has 0 aromatic rings. The van der Waals surface area contributed by atoms with Crippen LogP contribution in [0.3, 0.4) is 0 Å². The van der Waals surface area contributed by atoms with E-state index >= 15 is 0 Å². The molecule has 1 unspecified atom stereocenters. The van der Waals surface area contributed by atoms with Gasteiger partial charge in [-0.15, -0.1) is 0 Å². The van der Waals surface area contributed by atoms with Gasteiger partial charge in [-0.1, -0.05) is 0 Å². The number of aliphatic hydroxyl groups excluding tert-OH is 5. The largest absolute Gasteiger partial charge is 1.00 e. The number of carbonyl (C=O) groups is 1. The molecular weight excluding hydrogens is 532 g/mol. The summed E-state index contributed by atoms with van der Waals surface area (Å²) in [5.74, 6) is -1.54. The summed E-state index contributed by atoms with van der Waals surface area (Å²) < 4.78 is 4.89. The normalized spacial score (nSPS) is 33.0. The fraction of sp³-hybridized carbons (Fsp3) is 0.917. The maximum absolute atomic E-state index is 10.9. The fourth-order valence-electron chi connectivity index (χ4n) is 1.69. The summed E-state index contributed by atoms with van der Waals surface area (Å²) in [5, 5.41) is 55.5. The number of aliphatic hydroxyl groups is 5. The van der Waals surface area contributed by atoms with Crippen molar-refractivity contribution in [2.24, 2.45) is 0 Å². The zero-order valence-corrected chi connectivity index (χ0v) is 17.0. The van der Waals surface area contributed by atoms with Gasteiger partial charge in [-0.2, -0.15) is 0 Å². The van der Waals surface area contributed by atoms with Crippen LogP contribution in [0.25, 0.3) is 0 Å². The van der Waals surface area contributed by atoms with Crippen LogP contribution in [0.5, 0.6) is 0 Å². The Morgan fingerprint density at radius 1 is 1.35 bits per heavy atom. The molecule has 1 saturated heterocycles. The third-order valence-corrected chi connectivity index (χ3v) is 3.22. The van der Waals surface area contributed by atoms with Gasteiger partial charge in [0.15, 0.2) is 0 Å². The third kappa shape index (κ3) is 8.11. The van der Waals surface area contributed by atoms with Crippen LogP contribution in [0.4, 0.5) is 0 Å². The SMILES string of the molecule is C[PH+](C)C.O=C(O)[C@@]1([S-])C[C@@H](O)[C@@H](O)C([C@H](O)[C@H](O)CO)O1.[Au+]. The quantitative estimate of drug-likeness (QED) is 0.127.